The Morgan fingerprint density at radius 3 is 1.56 bits per heavy atom. The van der Waals surface area contributed by atoms with E-state index in [1.807, 2.05) is 0 Å². The highest BCUT2D eigenvalue weighted by molar-refractivity contribution is 4.74. The van der Waals surface area contributed by atoms with Crippen LogP contribution in [0.15, 0.2) is 0 Å². The summed E-state index contributed by atoms with van der Waals surface area (Å²) < 4.78 is 0. The van der Waals surface area contributed by atoms with Crippen molar-refractivity contribution in [1.82, 2.24) is 0 Å². The second kappa shape index (κ2) is 4.84. The zero-order valence-electron chi connectivity index (χ0n) is 7.02. The average molecular weight is 126 g/mol. The van der Waals surface area contributed by atoms with Crippen LogP contribution in [-0.2, 0) is 0 Å². The van der Waals surface area contributed by atoms with Crippen molar-refractivity contribution in [3.05, 3.63) is 12.8 Å². The predicted molar refractivity (Wildman–Crippen MR) is 42.9 cm³/mol. The van der Waals surface area contributed by atoms with Crippen LogP contribution in [0.2, 0.25) is 0 Å². The average Bonchev–Trinajstić information content (AvgIpc) is 1.87. The fourth-order valence-corrected chi connectivity index (χ4v) is 0.859. The van der Waals surface area contributed by atoms with Crippen molar-refractivity contribution in [2.24, 2.45) is 11.8 Å². The summed E-state index contributed by atoms with van der Waals surface area (Å²) in [6, 6.07) is 0. The van der Waals surface area contributed by atoms with Gasteiger partial charge in [0.2, 0.25) is 0 Å². The van der Waals surface area contributed by atoms with Crippen LogP contribution < -0.4 is 0 Å². The molecule has 0 fully saturated rings. The second-order valence-corrected chi connectivity index (χ2v) is 2.86. The highest BCUT2D eigenvalue weighted by Gasteiger charge is 2.03. The summed E-state index contributed by atoms with van der Waals surface area (Å²) in [6.07, 6.45) is 5.83. The molecule has 0 heterocycles. The quantitative estimate of drug-likeness (QED) is 0.543. The van der Waals surface area contributed by atoms with Gasteiger partial charge in [0.25, 0.3) is 0 Å². The number of rotatable bonds is 4. The first-order valence-corrected chi connectivity index (χ1v) is 3.79. The third-order valence-electron chi connectivity index (χ3n) is 1.88. The van der Waals surface area contributed by atoms with Gasteiger partial charge in [-0.1, -0.05) is 27.7 Å². The van der Waals surface area contributed by atoms with Gasteiger partial charge >= 0.3 is 0 Å². The number of hydrogen-bond acceptors (Lipinski definition) is 0. The van der Waals surface area contributed by atoms with Gasteiger partial charge in [0, 0.05) is 0 Å². The van der Waals surface area contributed by atoms with Gasteiger partial charge in [-0.3, -0.25) is 0 Å². The molecule has 0 saturated heterocycles. The van der Waals surface area contributed by atoms with E-state index in [1.54, 1.807) is 0 Å². The SMILES string of the molecule is C[CH]C(C)CC(C)[CH]C. The maximum absolute atomic E-state index is 2.26. The molecule has 2 radical (unpaired) electrons. The summed E-state index contributed by atoms with van der Waals surface area (Å²) in [7, 11) is 0. The van der Waals surface area contributed by atoms with Gasteiger partial charge in [0.1, 0.15) is 0 Å². The van der Waals surface area contributed by atoms with Crippen LogP contribution >= 0.6 is 0 Å². The largest absolute Gasteiger partial charge is 0.0622 e. The van der Waals surface area contributed by atoms with Crippen molar-refractivity contribution in [3.63, 3.8) is 0 Å². The maximum Gasteiger partial charge on any atom is -0.0389 e. The second-order valence-electron chi connectivity index (χ2n) is 2.86. The van der Waals surface area contributed by atoms with Crippen LogP contribution in [-0.4, -0.2) is 0 Å². The molecule has 0 aromatic rings. The van der Waals surface area contributed by atoms with Gasteiger partial charge < -0.3 is 0 Å². The van der Waals surface area contributed by atoms with Crippen molar-refractivity contribution in [3.8, 4) is 0 Å². The molecule has 0 heteroatoms. The Morgan fingerprint density at radius 1 is 1.00 bits per heavy atom. The monoisotopic (exact) mass is 126 g/mol. The minimum absolute atomic E-state index is 0.774. The standard InChI is InChI=1S/C9H18/c1-5-8(3)7-9(4)6-2/h5-6,8-9H,7H2,1-4H3. The summed E-state index contributed by atoms with van der Waals surface area (Å²) in [5, 5.41) is 0. The van der Waals surface area contributed by atoms with E-state index in [0.29, 0.717) is 0 Å². The highest BCUT2D eigenvalue weighted by atomic mass is 14.1. The molecule has 0 aliphatic rings. The van der Waals surface area contributed by atoms with Crippen LogP contribution in [0.25, 0.3) is 0 Å². The minimum atomic E-state index is 0.774. The van der Waals surface area contributed by atoms with E-state index < -0.39 is 0 Å². The third-order valence-corrected chi connectivity index (χ3v) is 1.88. The van der Waals surface area contributed by atoms with Crippen molar-refractivity contribution in [2.45, 2.75) is 34.1 Å². The molecule has 0 N–H and O–H groups in total. The van der Waals surface area contributed by atoms with E-state index in [-0.39, 0.29) is 0 Å². The van der Waals surface area contributed by atoms with Crippen LogP contribution in [0.3, 0.4) is 0 Å². The Kier molecular flexibility index (Phi) is 4.84. The molecule has 0 aliphatic heterocycles. The van der Waals surface area contributed by atoms with Gasteiger partial charge in [-0.05, 0) is 31.1 Å². The molecule has 0 saturated carbocycles. The Balaban J connectivity index is 3.22. The topological polar surface area (TPSA) is 0 Å². The van der Waals surface area contributed by atoms with E-state index in [2.05, 4.69) is 40.5 Å². The first-order valence-electron chi connectivity index (χ1n) is 3.79. The Hall–Kier alpha value is 0. The van der Waals surface area contributed by atoms with Gasteiger partial charge in [-0.25, -0.2) is 0 Å². The highest BCUT2D eigenvalue weighted by Crippen LogP contribution is 2.15. The molecular weight excluding hydrogens is 108 g/mol. The van der Waals surface area contributed by atoms with Crippen molar-refractivity contribution in [1.29, 1.82) is 0 Å². The molecule has 0 aromatic heterocycles. The van der Waals surface area contributed by atoms with Gasteiger partial charge in [-0.2, -0.15) is 0 Å². The zero-order valence-corrected chi connectivity index (χ0v) is 7.02. The van der Waals surface area contributed by atoms with E-state index in [9.17, 15) is 0 Å². The molecule has 0 nitrogen and oxygen atoms in total. The molecular formula is C9H18. The van der Waals surface area contributed by atoms with Gasteiger partial charge in [0.05, 0.1) is 0 Å². The lowest BCUT2D eigenvalue weighted by atomic mass is 9.94. The van der Waals surface area contributed by atoms with Crippen LogP contribution in [0.1, 0.15) is 34.1 Å². The fourth-order valence-electron chi connectivity index (χ4n) is 0.859. The number of hydrogen-bond donors (Lipinski definition) is 0. The van der Waals surface area contributed by atoms with E-state index in [0.717, 1.165) is 11.8 Å². The lowest BCUT2D eigenvalue weighted by Gasteiger charge is -2.12. The Morgan fingerprint density at radius 2 is 1.33 bits per heavy atom. The van der Waals surface area contributed by atoms with Gasteiger partial charge in [-0.15, -0.1) is 0 Å². The van der Waals surface area contributed by atoms with Crippen LogP contribution in [0, 0.1) is 24.7 Å². The molecule has 0 aliphatic carbocycles. The lowest BCUT2D eigenvalue weighted by molar-refractivity contribution is 0.496. The summed E-state index contributed by atoms with van der Waals surface area (Å²) in [6.45, 7) is 8.79. The molecule has 0 bridgehead atoms. The smallest absolute Gasteiger partial charge is 0.0389 e. The normalized spacial score (nSPS) is 17.3. The molecule has 2 atom stereocenters. The molecule has 0 amide bonds. The summed E-state index contributed by atoms with van der Waals surface area (Å²) in [5.41, 5.74) is 0. The van der Waals surface area contributed by atoms with E-state index in [4.69, 9.17) is 0 Å². The molecule has 54 valence electrons. The van der Waals surface area contributed by atoms with Crippen LogP contribution in [0.5, 0.6) is 0 Å². The summed E-state index contributed by atoms with van der Waals surface area (Å²) >= 11 is 0. The first kappa shape index (κ1) is 9.00. The van der Waals surface area contributed by atoms with E-state index >= 15 is 0 Å². The third kappa shape index (κ3) is 4.50. The molecule has 0 aromatic carbocycles. The summed E-state index contributed by atoms with van der Waals surface area (Å²) in [5.74, 6) is 1.55. The van der Waals surface area contributed by atoms with Crippen molar-refractivity contribution < 1.29 is 0 Å². The zero-order chi connectivity index (χ0) is 7.28. The van der Waals surface area contributed by atoms with Crippen molar-refractivity contribution in [2.75, 3.05) is 0 Å². The molecule has 2 unspecified atom stereocenters. The molecule has 0 spiro atoms. The summed E-state index contributed by atoms with van der Waals surface area (Å²) in [4.78, 5) is 0. The lowest BCUT2D eigenvalue weighted by Crippen LogP contribution is -2.01. The van der Waals surface area contributed by atoms with Crippen molar-refractivity contribution >= 4 is 0 Å². The minimum Gasteiger partial charge on any atom is -0.0622 e. The predicted octanol–water partition coefficient (Wildman–Crippen LogP) is 3.10. The Bertz CT molecular complexity index is 49.1. The first-order chi connectivity index (χ1) is 4.20. The maximum atomic E-state index is 2.26. The van der Waals surface area contributed by atoms with E-state index in [1.165, 1.54) is 6.42 Å². The Labute approximate surface area is 59.7 Å². The fraction of sp³-hybridized carbons (Fsp3) is 0.778. The van der Waals surface area contributed by atoms with Crippen LogP contribution in [0.4, 0.5) is 0 Å². The van der Waals surface area contributed by atoms with Gasteiger partial charge in [0.15, 0.2) is 0 Å². The molecule has 9 heavy (non-hydrogen) atoms. The molecule has 0 rings (SSSR count).